The van der Waals surface area contributed by atoms with Crippen LogP contribution in [0.5, 0.6) is 0 Å². The monoisotopic (exact) mass is 366 g/mol. The molecule has 1 aromatic carbocycles. The second-order valence-corrected chi connectivity index (χ2v) is 6.99. The van der Waals surface area contributed by atoms with Crippen molar-refractivity contribution in [3.63, 3.8) is 0 Å². The summed E-state index contributed by atoms with van der Waals surface area (Å²) in [5.74, 6) is -0.874. The molecule has 1 atom stereocenters. The summed E-state index contributed by atoms with van der Waals surface area (Å²) >= 11 is 0. The molecular formula is C20H31FN2O3. The Kier molecular flexibility index (Phi) is 9.27. The SMILES string of the molecule is CC(C)OCCCNC(=O)C(C)N(Cc1ccc(F)cc1)C(=O)C(C)C. The molecule has 0 aromatic heterocycles. The van der Waals surface area contributed by atoms with Crippen LogP contribution in [0.15, 0.2) is 24.3 Å². The van der Waals surface area contributed by atoms with Crippen molar-refractivity contribution >= 4 is 11.8 Å². The molecule has 5 nitrogen and oxygen atoms in total. The van der Waals surface area contributed by atoms with Crippen molar-refractivity contribution in [3.8, 4) is 0 Å². The van der Waals surface area contributed by atoms with E-state index in [0.29, 0.717) is 19.6 Å². The minimum absolute atomic E-state index is 0.111. The first kappa shape index (κ1) is 22.1. The number of carbonyl (C=O) groups excluding carboxylic acids is 2. The minimum atomic E-state index is -0.610. The average Bonchev–Trinajstić information content (AvgIpc) is 2.59. The second kappa shape index (κ2) is 10.9. The number of halogens is 1. The van der Waals surface area contributed by atoms with E-state index < -0.39 is 6.04 Å². The smallest absolute Gasteiger partial charge is 0.242 e. The lowest BCUT2D eigenvalue weighted by molar-refractivity contribution is -0.143. The van der Waals surface area contributed by atoms with Crippen LogP contribution in [0.4, 0.5) is 4.39 Å². The van der Waals surface area contributed by atoms with E-state index in [-0.39, 0.29) is 36.2 Å². The molecule has 0 spiro atoms. The first-order chi connectivity index (χ1) is 12.2. The lowest BCUT2D eigenvalue weighted by Crippen LogP contribution is -2.49. The molecule has 0 fully saturated rings. The van der Waals surface area contributed by atoms with Gasteiger partial charge in [-0.15, -0.1) is 0 Å². The average molecular weight is 366 g/mol. The number of carbonyl (C=O) groups is 2. The Morgan fingerprint density at radius 1 is 1.12 bits per heavy atom. The lowest BCUT2D eigenvalue weighted by Gasteiger charge is -2.30. The van der Waals surface area contributed by atoms with Crippen molar-refractivity contribution in [3.05, 3.63) is 35.6 Å². The molecular weight excluding hydrogens is 335 g/mol. The second-order valence-electron chi connectivity index (χ2n) is 6.99. The summed E-state index contributed by atoms with van der Waals surface area (Å²) in [7, 11) is 0. The van der Waals surface area contributed by atoms with E-state index in [1.807, 2.05) is 13.8 Å². The number of ether oxygens (including phenoxy) is 1. The van der Waals surface area contributed by atoms with E-state index in [2.05, 4.69) is 5.32 Å². The summed E-state index contributed by atoms with van der Waals surface area (Å²) in [6, 6.07) is 5.36. The lowest BCUT2D eigenvalue weighted by atomic mass is 10.1. The molecule has 0 aliphatic carbocycles. The van der Waals surface area contributed by atoms with Gasteiger partial charge in [0.1, 0.15) is 11.9 Å². The van der Waals surface area contributed by atoms with Gasteiger partial charge in [-0.3, -0.25) is 9.59 Å². The molecule has 0 radical (unpaired) electrons. The van der Waals surface area contributed by atoms with E-state index in [0.717, 1.165) is 5.56 Å². The molecule has 0 saturated carbocycles. The minimum Gasteiger partial charge on any atom is -0.379 e. The molecule has 26 heavy (non-hydrogen) atoms. The van der Waals surface area contributed by atoms with Gasteiger partial charge in [-0.05, 0) is 44.9 Å². The molecule has 1 unspecified atom stereocenters. The molecule has 1 N–H and O–H groups in total. The predicted molar refractivity (Wildman–Crippen MR) is 100.0 cm³/mol. The van der Waals surface area contributed by atoms with Gasteiger partial charge in [0.05, 0.1) is 6.10 Å². The Morgan fingerprint density at radius 3 is 2.27 bits per heavy atom. The number of rotatable bonds is 10. The zero-order valence-corrected chi connectivity index (χ0v) is 16.4. The largest absolute Gasteiger partial charge is 0.379 e. The van der Waals surface area contributed by atoms with Gasteiger partial charge in [-0.2, -0.15) is 0 Å². The zero-order valence-electron chi connectivity index (χ0n) is 16.4. The van der Waals surface area contributed by atoms with Gasteiger partial charge in [0.25, 0.3) is 0 Å². The predicted octanol–water partition coefficient (Wildman–Crippen LogP) is 3.13. The third-order valence-corrected chi connectivity index (χ3v) is 3.96. The molecule has 0 saturated heterocycles. The number of amides is 2. The molecule has 0 bridgehead atoms. The van der Waals surface area contributed by atoms with Gasteiger partial charge >= 0.3 is 0 Å². The van der Waals surface area contributed by atoms with Crippen LogP contribution in [0.1, 0.15) is 46.6 Å². The van der Waals surface area contributed by atoms with Crippen molar-refractivity contribution in [1.82, 2.24) is 10.2 Å². The van der Waals surface area contributed by atoms with Crippen LogP contribution < -0.4 is 5.32 Å². The van der Waals surface area contributed by atoms with Crippen LogP contribution in [-0.2, 0) is 20.9 Å². The van der Waals surface area contributed by atoms with Crippen LogP contribution in [-0.4, -0.2) is 42.0 Å². The number of hydrogen-bond acceptors (Lipinski definition) is 3. The molecule has 0 heterocycles. The normalized spacial score (nSPS) is 12.3. The van der Waals surface area contributed by atoms with Crippen molar-refractivity contribution in [1.29, 1.82) is 0 Å². The Morgan fingerprint density at radius 2 is 1.73 bits per heavy atom. The van der Waals surface area contributed by atoms with Crippen LogP contribution in [0.3, 0.4) is 0 Å². The van der Waals surface area contributed by atoms with Crippen molar-refractivity contribution in [2.24, 2.45) is 5.92 Å². The van der Waals surface area contributed by atoms with E-state index >= 15 is 0 Å². The van der Waals surface area contributed by atoms with Crippen molar-refractivity contribution < 1.29 is 18.7 Å². The highest BCUT2D eigenvalue weighted by molar-refractivity contribution is 5.88. The van der Waals surface area contributed by atoms with Gasteiger partial charge in [0, 0.05) is 25.6 Å². The Bertz CT molecular complexity index is 573. The van der Waals surface area contributed by atoms with Gasteiger partial charge in [0.15, 0.2) is 0 Å². The maximum Gasteiger partial charge on any atom is 0.242 e. The Balaban J connectivity index is 2.68. The number of benzene rings is 1. The summed E-state index contributed by atoms with van der Waals surface area (Å²) in [6.07, 6.45) is 0.881. The quantitative estimate of drug-likeness (QED) is 0.647. The van der Waals surface area contributed by atoms with Crippen LogP contribution >= 0.6 is 0 Å². The van der Waals surface area contributed by atoms with Gasteiger partial charge in [0.2, 0.25) is 11.8 Å². The summed E-state index contributed by atoms with van der Waals surface area (Å²) in [5, 5.41) is 2.85. The van der Waals surface area contributed by atoms with Crippen molar-refractivity contribution in [2.75, 3.05) is 13.2 Å². The van der Waals surface area contributed by atoms with Crippen LogP contribution in [0, 0.1) is 11.7 Å². The van der Waals surface area contributed by atoms with E-state index in [4.69, 9.17) is 4.74 Å². The fourth-order valence-electron chi connectivity index (χ4n) is 2.42. The maximum absolute atomic E-state index is 13.1. The van der Waals surface area contributed by atoms with E-state index in [1.165, 1.54) is 17.0 Å². The molecule has 1 aromatic rings. The molecule has 6 heteroatoms. The van der Waals surface area contributed by atoms with Crippen molar-refractivity contribution in [2.45, 2.75) is 59.7 Å². The highest BCUT2D eigenvalue weighted by Gasteiger charge is 2.27. The topological polar surface area (TPSA) is 58.6 Å². The van der Waals surface area contributed by atoms with Gasteiger partial charge in [-0.1, -0.05) is 26.0 Å². The number of nitrogens with one attached hydrogen (secondary N) is 1. The summed E-state index contributed by atoms with van der Waals surface area (Å²) in [5.41, 5.74) is 0.783. The molecule has 146 valence electrons. The summed E-state index contributed by atoms with van der Waals surface area (Å²) < 4.78 is 18.5. The highest BCUT2D eigenvalue weighted by atomic mass is 19.1. The van der Waals surface area contributed by atoms with Crippen LogP contribution in [0.2, 0.25) is 0 Å². The van der Waals surface area contributed by atoms with Gasteiger partial charge < -0.3 is 15.0 Å². The third kappa shape index (κ3) is 7.52. The third-order valence-electron chi connectivity index (χ3n) is 3.96. The summed E-state index contributed by atoms with van der Waals surface area (Å²) in [6.45, 7) is 10.6. The zero-order chi connectivity index (χ0) is 19.7. The summed E-state index contributed by atoms with van der Waals surface area (Å²) in [4.78, 5) is 26.5. The van der Waals surface area contributed by atoms with Gasteiger partial charge in [-0.25, -0.2) is 4.39 Å². The highest BCUT2D eigenvalue weighted by Crippen LogP contribution is 2.14. The number of hydrogen-bond donors (Lipinski definition) is 1. The number of nitrogens with zero attached hydrogens (tertiary/aromatic N) is 1. The van der Waals surface area contributed by atoms with E-state index in [9.17, 15) is 14.0 Å². The fourth-order valence-corrected chi connectivity index (χ4v) is 2.42. The fraction of sp³-hybridized carbons (Fsp3) is 0.600. The molecule has 2 amide bonds. The first-order valence-electron chi connectivity index (χ1n) is 9.16. The molecule has 0 aliphatic heterocycles. The first-order valence-corrected chi connectivity index (χ1v) is 9.16. The Labute approximate surface area is 155 Å². The standard InChI is InChI=1S/C20H31FN2O3/c1-14(2)20(25)23(13-17-7-9-18(21)10-8-17)16(5)19(24)22-11-6-12-26-15(3)4/h7-10,14-16H,6,11-13H2,1-5H3,(H,22,24). The van der Waals surface area contributed by atoms with E-state index in [1.54, 1.807) is 32.9 Å². The molecule has 0 aliphatic rings. The molecule has 1 rings (SSSR count). The van der Waals surface area contributed by atoms with Crippen LogP contribution in [0.25, 0.3) is 0 Å². The Hall–Kier alpha value is -1.95. The maximum atomic E-state index is 13.1.